The average Bonchev–Trinajstić information content (AvgIpc) is 2.28. The molecule has 0 amide bonds. The number of hydrogen-bond acceptors (Lipinski definition) is 3. The Morgan fingerprint density at radius 2 is 2.14 bits per heavy atom. The first kappa shape index (κ1) is 10.6. The number of nitrogens with one attached hydrogen (secondary N) is 1. The van der Waals surface area contributed by atoms with Gasteiger partial charge in [0.25, 0.3) is 0 Å². The Balaban J connectivity index is 1.66. The fourth-order valence-corrected chi connectivity index (χ4v) is 3.15. The first-order valence-electron chi connectivity index (χ1n) is 5.62. The molecule has 0 aromatic rings. The van der Waals surface area contributed by atoms with Crippen molar-refractivity contribution in [1.82, 2.24) is 10.2 Å². The summed E-state index contributed by atoms with van der Waals surface area (Å²) in [6.45, 7) is 5.84. The third-order valence-corrected chi connectivity index (χ3v) is 4.58. The fourth-order valence-electron chi connectivity index (χ4n) is 2.04. The van der Waals surface area contributed by atoms with Gasteiger partial charge in [-0.15, -0.1) is 0 Å². The zero-order valence-electron chi connectivity index (χ0n) is 8.71. The number of rotatable bonds is 3. The van der Waals surface area contributed by atoms with Crippen LogP contribution >= 0.6 is 0 Å². The maximum Gasteiger partial charge on any atom is 0.0362 e. The van der Waals surface area contributed by atoms with E-state index in [1.54, 1.807) is 0 Å². The summed E-state index contributed by atoms with van der Waals surface area (Å²) in [4.78, 5) is 2.49. The summed E-state index contributed by atoms with van der Waals surface area (Å²) < 4.78 is 11.3. The van der Waals surface area contributed by atoms with Gasteiger partial charge < -0.3 is 10.2 Å². The van der Waals surface area contributed by atoms with Crippen LogP contribution in [0.15, 0.2) is 0 Å². The minimum atomic E-state index is -0.534. The maximum atomic E-state index is 11.3. The smallest absolute Gasteiger partial charge is 0.0362 e. The Morgan fingerprint density at radius 1 is 1.29 bits per heavy atom. The van der Waals surface area contributed by atoms with Crippen molar-refractivity contribution in [2.24, 2.45) is 5.92 Å². The molecular formula is C10H20N2OS. The lowest BCUT2D eigenvalue weighted by molar-refractivity contribution is 0.237. The monoisotopic (exact) mass is 216 g/mol. The molecule has 14 heavy (non-hydrogen) atoms. The molecule has 1 unspecified atom stereocenters. The van der Waals surface area contributed by atoms with Crippen LogP contribution in [0.5, 0.6) is 0 Å². The van der Waals surface area contributed by atoms with E-state index in [4.69, 9.17) is 0 Å². The molecule has 3 nitrogen and oxygen atoms in total. The zero-order valence-corrected chi connectivity index (χ0v) is 9.52. The lowest BCUT2D eigenvalue weighted by atomic mass is 9.99. The summed E-state index contributed by atoms with van der Waals surface area (Å²) in [6.07, 6.45) is 2.44. The number of hydrogen-bond donors (Lipinski definition) is 1. The molecule has 2 aliphatic rings. The second kappa shape index (κ2) is 5.24. The molecular weight excluding hydrogens is 196 g/mol. The molecule has 2 heterocycles. The predicted molar refractivity (Wildman–Crippen MR) is 59.9 cm³/mol. The van der Waals surface area contributed by atoms with E-state index >= 15 is 0 Å². The van der Waals surface area contributed by atoms with E-state index in [0.717, 1.165) is 36.9 Å². The normalized spacial score (nSPS) is 31.0. The molecule has 0 radical (unpaired) electrons. The summed E-state index contributed by atoms with van der Waals surface area (Å²) in [5.74, 6) is 2.72. The van der Waals surface area contributed by atoms with Crippen LogP contribution < -0.4 is 5.32 Å². The van der Waals surface area contributed by atoms with Gasteiger partial charge in [-0.25, -0.2) is 0 Å². The Hall–Kier alpha value is 0.0700. The van der Waals surface area contributed by atoms with Crippen molar-refractivity contribution in [2.75, 3.05) is 44.2 Å². The van der Waals surface area contributed by atoms with Gasteiger partial charge in [0, 0.05) is 28.9 Å². The van der Waals surface area contributed by atoms with Crippen LogP contribution in [0.2, 0.25) is 0 Å². The molecule has 1 atom stereocenters. The third kappa shape index (κ3) is 3.04. The summed E-state index contributed by atoms with van der Waals surface area (Å²) in [5.41, 5.74) is 0. The molecule has 82 valence electrons. The van der Waals surface area contributed by atoms with E-state index in [1.165, 1.54) is 26.1 Å². The van der Waals surface area contributed by atoms with Crippen molar-refractivity contribution in [3.63, 3.8) is 0 Å². The molecule has 1 N–H and O–H groups in total. The second-order valence-electron chi connectivity index (χ2n) is 4.36. The second-order valence-corrected chi connectivity index (χ2v) is 6.05. The van der Waals surface area contributed by atoms with Crippen LogP contribution in [0, 0.1) is 5.92 Å². The molecule has 2 rings (SSSR count). The highest BCUT2D eigenvalue weighted by Gasteiger charge is 2.19. The lowest BCUT2D eigenvalue weighted by Crippen LogP contribution is -2.43. The Bertz CT molecular complexity index is 206. The standard InChI is InChI=1S/C10H20N2OS/c13-14-6-1-3-12(5-7-14)4-2-10-8-11-9-10/h10-11H,1-9H2. The van der Waals surface area contributed by atoms with Crippen molar-refractivity contribution < 1.29 is 4.21 Å². The molecule has 2 saturated heterocycles. The van der Waals surface area contributed by atoms with Crippen LogP contribution in [-0.2, 0) is 10.8 Å². The summed E-state index contributed by atoms with van der Waals surface area (Å²) in [5, 5.41) is 3.30. The molecule has 0 spiro atoms. The van der Waals surface area contributed by atoms with E-state index in [1.807, 2.05) is 0 Å². The summed E-state index contributed by atoms with van der Waals surface area (Å²) >= 11 is 0. The SMILES string of the molecule is O=S1CCCN(CCC2CNC2)CC1. The highest BCUT2D eigenvalue weighted by atomic mass is 32.2. The van der Waals surface area contributed by atoms with Gasteiger partial charge in [-0.2, -0.15) is 0 Å². The van der Waals surface area contributed by atoms with Crippen LogP contribution in [0.4, 0.5) is 0 Å². The van der Waals surface area contributed by atoms with Crippen LogP contribution in [0.25, 0.3) is 0 Å². The first-order chi connectivity index (χ1) is 6.84. The van der Waals surface area contributed by atoms with Gasteiger partial charge in [0.15, 0.2) is 0 Å². The third-order valence-electron chi connectivity index (χ3n) is 3.20. The number of nitrogens with zero attached hydrogens (tertiary/aromatic N) is 1. The fraction of sp³-hybridized carbons (Fsp3) is 1.00. The van der Waals surface area contributed by atoms with E-state index in [2.05, 4.69) is 10.2 Å². The van der Waals surface area contributed by atoms with Crippen LogP contribution in [0.1, 0.15) is 12.8 Å². The minimum Gasteiger partial charge on any atom is -0.316 e. The van der Waals surface area contributed by atoms with Crippen LogP contribution in [-0.4, -0.2) is 53.3 Å². The van der Waals surface area contributed by atoms with E-state index in [-0.39, 0.29) is 0 Å². The molecule has 2 fully saturated rings. The average molecular weight is 216 g/mol. The quantitative estimate of drug-likeness (QED) is 0.723. The van der Waals surface area contributed by atoms with Crippen molar-refractivity contribution in [3.05, 3.63) is 0 Å². The Labute approximate surface area is 88.7 Å². The van der Waals surface area contributed by atoms with E-state index in [0.29, 0.717) is 0 Å². The van der Waals surface area contributed by atoms with Crippen LogP contribution in [0.3, 0.4) is 0 Å². The lowest BCUT2D eigenvalue weighted by Gasteiger charge is -2.29. The minimum absolute atomic E-state index is 0.534. The summed E-state index contributed by atoms with van der Waals surface area (Å²) in [7, 11) is -0.534. The van der Waals surface area contributed by atoms with Gasteiger partial charge in [-0.1, -0.05) is 0 Å². The maximum absolute atomic E-state index is 11.3. The van der Waals surface area contributed by atoms with Crippen molar-refractivity contribution in [1.29, 1.82) is 0 Å². The van der Waals surface area contributed by atoms with Crippen molar-refractivity contribution in [3.8, 4) is 0 Å². The topological polar surface area (TPSA) is 32.3 Å². The molecule has 4 heteroatoms. The first-order valence-corrected chi connectivity index (χ1v) is 7.11. The molecule has 2 aliphatic heterocycles. The van der Waals surface area contributed by atoms with Crippen molar-refractivity contribution >= 4 is 10.8 Å². The molecule has 0 bridgehead atoms. The predicted octanol–water partition coefficient (Wildman–Crippen LogP) is 0.0503. The van der Waals surface area contributed by atoms with Gasteiger partial charge in [0.05, 0.1) is 0 Å². The van der Waals surface area contributed by atoms with Gasteiger partial charge in [-0.05, 0) is 44.9 Å². The Kier molecular flexibility index (Phi) is 3.96. The molecule has 0 aromatic heterocycles. The molecule has 0 aliphatic carbocycles. The highest BCUT2D eigenvalue weighted by Crippen LogP contribution is 2.10. The van der Waals surface area contributed by atoms with E-state index in [9.17, 15) is 4.21 Å². The van der Waals surface area contributed by atoms with Gasteiger partial charge in [0.1, 0.15) is 0 Å². The van der Waals surface area contributed by atoms with E-state index < -0.39 is 10.8 Å². The van der Waals surface area contributed by atoms with Gasteiger partial charge in [0.2, 0.25) is 0 Å². The van der Waals surface area contributed by atoms with Gasteiger partial charge >= 0.3 is 0 Å². The zero-order chi connectivity index (χ0) is 9.80. The summed E-state index contributed by atoms with van der Waals surface area (Å²) in [6, 6.07) is 0. The van der Waals surface area contributed by atoms with Crippen molar-refractivity contribution in [2.45, 2.75) is 12.8 Å². The van der Waals surface area contributed by atoms with Gasteiger partial charge in [-0.3, -0.25) is 4.21 Å². The molecule has 0 saturated carbocycles. The molecule has 0 aromatic carbocycles. The Morgan fingerprint density at radius 3 is 2.86 bits per heavy atom. The highest BCUT2D eigenvalue weighted by molar-refractivity contribution is 7.85. The largest absolute Gasteiger partial charge is 0.316 e.